The monoisotopic (exact) mass is 279 g/mol. The van der Waals surface area contributed by atoms with E-state index in [-0.39, 0.29) is 0 Å². The maximum Gasteiger partial charge on any atom is 0.105 e. The minimum Gasteiger partial charge on any atom is -0.376 e. The fraction of sp³-hybridized carbons (Fsp3) is 0.812. The van der Waals surface area contributed by atoms with Crippen molar-refractivity contribution < 1.29 is 4.74 Å². The largest absolute Gasteiger partial charge is 0.376 e. The highest BCUT2D eigenvalue weighted by Crippen LogP contribution is 2.16. The maximum absolute atomic E-state index is 5.90. The van der Waals surface area contributed by atoms with Crippen LogP contribution < -0.4 is 0 Å². The van der Waals surface area contributed by atoms with E-state index in [1.165, 1.54) is 25.0 Å². The van der Waals surface area contributed by atoms with E-state index in [1.54, 1.807) is 0 Å². The van der Waals surface area contributed by atoms with Crippen LogP contribution >= 0.6 is 0 Å². The maximum atomic E-state index is 5.90. The third kappa shape index (κ3) is 4.32. The first-order valence-electron chi connectivity index (χ1n) is 7.87. The molecule has 0 aliphatic carbocycles. The van der Waals surface area contributed by atoms with Crippen molar-refractivity contribution in [2.45, 2.75) is 52.7 Å². The van der Waals surface area contributed by atoms with Gasteiger partial charge in [-0.3, -0.25) is 4.90 Å². The smallest absolute Gasteiger partial charge is 0.105 e. The van der Waals surface area contributed by atoms with Crippen LogP contribution in [0.15, 0.2) is 6.20 Å². The van der Waals surface area contributed by atoms with Crippen LogP contribution in [0.5, 0.6) is 0 Å². The minimum atomic E-state index is 0.414. The summed E-state index contributed by atoms with van der Waals surface area (Å²) in [5, 5.41) is 0. The summed E-state index contributed by atoms with van der Waals surface area (Å²) >= 11 is 0. The molecule has 0 bridgehead atoms. The molecule has 1 aliphatic rings. The minimum absolute atomic E-state index is 0.414. The zero-order valence-corrected chi connectivity index (χ0v) is 13.4. The summed E-state index contributed by atoms with van der Waals surface area (Å²) in [7, 11) is 2.10. The number of rotatable bonds is 6. The normalized spacial score (nSPS) is 20.8. The molecule has 0 spiro atoms. The van der Waals surface area contributed by atoms with E-state index in [4.69, 9.17) is 4.74 Å². The number of aromatic nitrogens is 2. The molecule has 20 heavy (non-hydrogen) atoms. The van der Waals surface area contributed by atoms with Crippen molar-refractivity contribution in [2.75, 3.05) is 19.7 Å². The quantitative estimate of drug-likeness (QED) is 0.802. The number of hydrogen-bond acceptors (Lipinski definition) is 3. The Hall–Kier alpha value is -0.870. The number of nitrogens with zero attached hydrogens (tertiary/aromatic N) is 3. The molecule has 1 saturated heterocycles. The standard InChI is InChI=1S/C16H29N3O/c1-13(2)6-5-7-16-12-19(8-9-20-16)11-15-10-17-14(3)18(15)4/h10,13,16H,5-9,11-12H2,1-4H3. The van der Waals surface area contributed by atoms with Crippen LogP contribution in [0.3, 0.4) is 0 Å². The summed E-state index contributed by atoms with van der Waals surface area (Å²) in [6.45, 7) is 10.6. The lowest BCUT2D eigenvalue weighted by atomic mass is 10.0. The van der Waals surface area contributed by atoms with Gasteiger partial charge in [-0.2, -0.15) is 0 Å². The van der Waals surface area contributed by atoms with E-state index in [1.807, 2.05) is 6.20 Å². The zero-order chi connectivity index (χ0) is 14.5. The molecule has 1 aromatic heterocycles. The van der Waals surface area contributed by atoms with E-state index in [9.17, 15) is 0 Å². The molecule has 4 nitrogen and oxygen atoms in total. The predicted molar refractivity (Wildman–Crippen MR) is 81.7 cm³/mol. The van der Waals surface area contributed by atoms with Crippen LogP contribution in [0.1, 0.15) is 44.6 Å². The Morgan fingerprint density at radius 2 is 2.25 bits per heavy atom. The second kappa shape index (κ2) is 7.23. The van der Waals surface area contributed by atoms with Crippen LogP contribution in [-0.4, -0.2) is 40.3 Å². The Labute approximate surface area is 123 Å². The average molecular weight is 279 g/mol. The van der Waals surface area contributed by atoms with Crippen molar-refractivity contribution in [1.29, 1.82) is 0 Å². The number of hydrogen-bond donors (Lipinski definition) is 0. The van der Waals surface area contributed by atoms with E-state index >= 15 is 0 Å². The molecule has 1 fully saturated rings. The van der Waals surface area contributed by atoms with Gasteiger partial charge in [0.15, 0.2) is 0 Å². The van der Waals surface area contributed by atoms with Crippen molar-refractivity contribution in [3.05, 3.63) is 17.7 Å². The zero-order valence-electron chi connectivity index (χ0n) is 13.4. The molecule has 0 N–H and O–H groups in total. The Bertz CT molecular complexity index is 414. The lowest BCUT2D eigenvalue weighted by Gasteiger charge is -2.33. The first-order chi connectivity index (χ1) is 9.56. The molecule has 114 valence electrons. The van der Waals surface area contributed by atoms with Crippen molar-refractivity contribution >= 4 is 0 Å². The van der Waals surface area contributed by atoms with Crippen LogP contribution in [0.4, 0.5) is 0 Å². The van der Waals surface area contributed by atoms with Gasteiger partial charge in [-0.1, -0.05) is 26.7 Å². The molecular weight excluding hydrogens is 250 g/mol. The first kappa shape index (κ1) is 15.5. The number of morpholine rings is 1. The SMILES string of the molecule is Cc1ncc(CN2CCOC(CCCC(C)C)C2)n1C. The Balaban J connectivity index is 1.80. The second-order valence-corrected chi connectivity index (χ2v) is 6.41. The summed E-state index contributed by atoms with van der Waals surface area (Å²) in [6, 6.07) is 0. The second-order valence-electron chi connectivity index (χ2n) is 6.41. The van der Waals surface area contributed by atoms with Crippen molar-refractivity contribution in [2.24, 2.45) is 13.0 Å². The summed E-state index contributed by atoms with van der Waals surface area (Å²) in [5.41, 5.74) is 1.30. The highest BCUT2D eigenvalue weighted by molar-refractivity contribution is 5.03. The van der Waals surface area contributed by atoms with Crippen molar-refractivity contribution in [3.63, 3.8) is 0 Å². The van der Waals surface area contributed by atoms with Crippen LogP contribution in [0, 0.1) is 12.8 Å². The van der Waals surface area contributed by atoms with Gasteiger partial charge in [0.2, 0.25) is 0 Å². The fourth-order valence-electron chi connectivity index (χ4n) is 2.78. The summed E-state index contributed by atoms with van der Waals surface area (Å²) < 4.78 is 8.08. The van der Waals surface area contributed by atoms with Crippen molar-refractivity contribution in [1.82, 2.24) is 14.5 Å². The summed E-state index contributed by atoms with van der Waals surface area (Å²) in [6.07, 6.45) is 6.19. The molecule has 1 unspecified atom stereocenters. The van der Waals surface area contributed by atoms with Gasteiger partial charge in [0, 0.05) is 32.9 Å². The van der Waals surface area contributed by atoms with Crippen LogP contribution in [0.2, 0.25) is 0 Å². The summed E-state index contributed by atoms with van der Waals surface area (Å²) in [5.74, 6) is 1.88. The highest BCUT2D eigenvalue weighted by atomic mass is 16.5. The molecule has 0 saturated carbocycles. The lowest BCUT2D eigenvalue weighted by Crippen LogP contribution is -2.42. The Kier molecular flexibility index (Phi) is 5.61. The van der Waals surface area contributed by atoms with Gasteiger partial charge in [-0.15, -0.1) is 0 Å². The molecule has 0 radical (unpaired) electrons. The molecule has 0 amide bonds. The molecule has 1 aromatic rings. The topological polar surface area (TPSA) is 30.3 Å². The van der Waals surface area contributed by atoms with Crippen LogP contribution in [-0.2, 0) is 18.3 Å². The predicted octanol–water partition coefficient (Wildman–Crippen LogP) is 2.76. The van der Waals surface area contributed by atoms with E-state index in [0.717, 1.165) is 38.0 Å². The Morgan fingerprint density at radius 3 is 2.90 bits per heavy atom. The number of aryl methyl sites for hydroxylation is 1. The lowest BCUT2D eigenvalue weighted by molar-refractivity contribution is -0.0366. The van der Waals surface area contributed by atoms with E-state index in [2.05, 4.69) is 42.3 Å². The van der Waals surface area contributed by atoms with Gasteiger partial charge < -0.3 is 9.30 Å². The molecule has 4 heteroatoms. The van der Waals surface area contributed by atoms with Gasteiger partial charge in [-0.25, -0.2) is 4.98 Å². The third-order valence-electron chi connectivity index (χ3n) is 4.23. The van der Waals surface area contributed by atoms with Gasteiger partial charge in [-0.05, 0) is 19.3 Å². The van der Waals surface area contributed by atoms with E-state index < -0.39 is 0 Å². The van der Waals surface area contributed by atoms with E-state index in [0.29, 0.717) is 6.10 Å². The molecule has 2 rings (SSSR count). The molecule has 1 atom stereocenters. The van der Waals surface area contributed by atoms with Crippen molar-refractivity contribution in [3.8, 4) is 0 Å². The average Bonchev–Trinajstić information content (AvgIpc) is 2.71. The molecule has 1 aliphatic heterocycles. The molecular formula is C16H29N3O. The summed E-state index contributed by atoms with van der Waals surface area (Å²) in [4.78, 5) is 6.87. The number of ether oxygens (including phenoxy) is 1. The van der Waals surface area contributed by atoms with Gasteiger partial charge in [0.1, 0.15) is 5.82 Å². The first-order valence-corrected chi connectivity index (χ1v) is 7.87. The van der Waals surface area contributed by atoms with Gasteiger partial charge in [0.05, 0.1) is 18.4 Å². The van der Waals surface area contributed by atoms with Gasteiger partial charge >= 0.3 is 0 Å². The number of imidazole rings is 1. The fourth-order valence-corrected chi connectivity index (χ4v) is 2.78. The van der Waals surface area contributed by atoms with Crippen LogP contribution in [0.25, 0.3) is 0 Å². The van der Waals surface area contributed by atoms with Gasteiger partial charge in [0.25, 0.3) is 0 Å². The molecule has 2 heterocycles. The molecule has 0 aromatic carbocycles. The Morgan fingerprint density at radius 1 is 1.45 bits per heavy atom. The third-order valence-corrected chi connectivity index (χ3v) is 4.23. The highest BCUT2D eigenvalue weighted by Gasteiger charge is 2.21.